The average Bonchev–Trinajstić information content (AvgIpc) is 2.64. The topological polar surface area (TPSA) is 62.3 Å². The largest absolute Gasteiger partial charge is 0.383 e. The summed E-state index contributed by atoms with van der Waals surface area (Å²) < 4.78 is 13.5. The summed E-state index contributed by atoms with van der Waals surface area (Å²) in [6.45, 7) is 7.78. The van der Waals surface area contributed by atoms with Crippen molar-refractivity contribution in [1.82, 2.24) is 9.78 Å². The number of hydrogen-bond donors (Lipinski definition) is 1. The van der Waals surface area contributed by atoms with Crippen LogP contribution in [-0.2, 0) is 16.0 Å². The average molecular weight is 320 g/mol. The number of methoxy groups -OCH3 is 1. The second-order valence-corrected chi connectivity index (χ2v) is 5.98. The zero-order chi connectivity index (χ0) is 13.8. The van der Waals surface area contributed by atoms with Crippen molar-refractivity contribution in [3.05, 3.63) is 16.4 Å². The fraction of sp³-hybridized carbons (Fsp3) is 0.750. The lowest BCUT2D eigenvalue weighted by Crippen LogP contribution is -2.28. The fourth-order valence-electron chi connectivity index (χ4n) is 1.52. The lowest BCUT2D eigenvalue weighted by molar-refractivity contribution is -0.0113. The molecule has 1 heterocycles. The van der Waals surface area contributed by atoms with Gasteiger partial charge in [0.2, 0.25) is 0 Å². The zero-order valence-electron chi connectivity index (χ0n) is 11.4. The Morgan fingerprint density at radius 3 is 2.72 bits per heavy atom. The molecule has 0 aliphatic heterocycles. The Balaban J connectivity index is 2.71. The van der Waals surface area contributed by atoms with Gasteiger partial charge in [-0.2, -0.15) is 5.10 Å². The standard InChI is InChI=1S/C12H22BrN3O2/c1-12(2,3)18-8-10(14)11-9(13)7-15-16(11)5-6-17-4/h7,10H,5-6,8,14H2,1-4H3. The Morgan fingerprint density at radius 2 is 2.17 bits per heavy atom. The number of nitrogens with two attached hydrogens (primary N) is 1. The van der Waals surface area contributed by atoms with Crippen LogP contribution in [0.25, 0.3) is 0 Å². The Kier molecular flexibility index (Phi) is 5.78. The van der Waals surface area contributed by atoms with E-state index in [9.17, 15) is 0 Å². The summed E-state index contributed by atoms with van der Waals surface area (Å²) in [4.78, 5) is 0. The molecule has 2 N–H and O–H groups in total. The van der Waals surface area contributed by atoms with E-state index < -0.39 is 0 Å². The summed E-state index contributed by atoms with van der Waals surface area (Å²) in [5, 5.41) is 4.27. The zero-order valence-corrected chi connectivity index (χ0v) is 13.0. The molecule has 0 radical (unpaired) electrons. The molecule has 0 aliphatic rings. The summed E-state index contributed by atoms with van der Waals surface area (Å²) >= 11 is 3.47. The molecule has 0 saturated heterocycles. The first kappa shape index (κ1) is 15.6. The lowest BCUT2D eigenvalue weighted by Gasteiger charge is -2.23. The molecule has 1 rings (SSSR count). The van der Waals surface area contributed by atoms with Crippen molar-refractivity contribution >= 4 is 15.9 Å². The molecule has 0 aromatic carbocycles. The molecular weight excluding hydrogens is 298 g/mol. The highest BCUT2D eigenvalue weighted by Crippen LogP contribution is 2.23. The monoisotopic (exact) mass is 319 g/mol. The highest BCUT2D eigenvalue weighted by Gasteiger charge is 2.19. The van der Waals surface area contributed by atoms with E-state index in [4.69, 9.17) is 15.2 Å². The molecule has 0 spiro atoms. The van der Waals surface area contributed by atoms with Crippen molar-refractivity contribution in [1.29, 1.82) is 0 Å². The van der Waals surface area contributed by atoms with Crippen molar-refractivity contribution in [3.8, 4) is 0 Å². The van der Waals surface area contributed by atoms with Gasteiger partial charge in [0, 0.05) is 7.11 Å². The van der Waals surface area contributed by atoms with Crippen LogP contribution in [0, 0.1) is 0 Å². The third-order valence-corrected chi connectivity index (χ3v) is 3.00. The Morgan fingerprint density at radius 1 is 1.50 bits per heavy atom. The maximum atomic E-state index is 6.16. The molecular formula is C12H22BrN3O2. The summed E-state index contributed by atoms with van der Waals surface area (Å²) in [6.07, 6.45) is 1.75. The van der Waals surface area contributed by atoms with Crippen LogP contribution in [0.5, 0.6) is 0 Å². The number of aromatic nitrogens is 2. The highest BCUT2D eigenvalue weighted by atomic mass is 79.9. The number of hydrogen-bond acceptors (Lipinski definition) is 4. The molecule has 5 nitrogen and oxygen atoms in total. The predicted octanol–water partition coefficient (Wildman–Crippen LogP) is 2.11. The molecule has 1 aromatic rings. The fourth-order valence-corrected chi connectivity index (χ4v) is 2.11. The van der Waals surface area contributed by atoms with E-state index in [2.05, 4.69) is 21.0 Å². The summed E-state index contributed by atoms with van der Waals surface area (Å²) in [5.41, 5.74) is 6.91. The third kappa shape index (κ3) is 4.68. The maximum Gasteiger partial charge on any atom is 0.0718 e. The van der Waals surface area contributed by atoms with Gasteiger partial charge >= 0.3 is 0 Å². The molecule has 0 fully saturated rings. The number of rotatable bonds is 6. The second kappa shape index (κ2) is 6.65. The van der Waals surface area contributed by atoms with E-state index in [1.54, 1.807) is 13.3 Å². The summed E-state index contributed by atoms with van der Waals surface area (Å²) in [6, 6.07) is -0.210. The van der Waals surface area contributed by atoms with Crippen molar-refractivity contribution < 1.29 is 9.47 Å². The van der Waals surface area contributed by atoms with Gasteiger partial charge in [-0.05, 0) is 36.7 Å². The van der Waals surface area contributed by atoms with E-state index in [1.807, 2.05) is 25.5 Å². The third-order valence-electron chi connectivity index (χ3n) is 2.39. The normalized spacial score (nSPS) is 13.9. The van der Waals surface area contributed by atoms with Crippen molar-refractivity contribution in [2.24, 2.45) is 5.73 Å². The van der Waals surface area contributed by atoms with E-state index in [1.165, 1.54) is 0 Å². The van der Waals surface area contributed by atoms with Gasteiger partial charge in [0.1, 0.15) is 0 Å². The van der Waals surface area contributed by atoms with E-state index in [0.717, 1.165) is 10.2 Å². The molecule has 1 atom stereocenters. The Bertz CT molecular complexity index is 374. The molecule has 1 aromatic heterocycles. The summed E-state index contributed by atoms with van der Waals surface area (Å²) in [7, 11) is 1.67. The van der Waals surface area contributed by atoms with E-state index >= 15 is 0 Å². The van der Waals surface area contributed by atoms with Gasteiger partial charge in [-0.15, -0.1) is 0 Å². The maximum absolute atomic E-state index is 6.16. The van der Waals surface area contributed by atoms with Gasteiger partial charge < -0.3 is 15.2 Å². The highest BCUT2D eigenvalue weighted by molar-refractivity contribution is 9.10. The number of nitrogens with zero attached hydrogens (tertiary/aromatic N) is 2. The minimum atomic E-state index is -0.210. The smallest absolute Gasteiger partial charge is 0.0718 e. The molecule has 104 valence electrons. The first-order chi connectivity index (χ1) is 8.35. The first-order valence-electron chi connectivity index (χ1n) is 5.95. The molecule has 0 aliphatic carbocycles. The summed E-state index contributed by atoms with van der Waals surface area (Å²) in [5.74, 6) is 0. The van der Waals surface area contributed by atoms with Crippen LogP contribution < -0.4 is 5.73 Å². The van der Waals surface area contributed by atoms with Crippen LogP contribution in [0.2, 0.25) is 0 Å². The van der Waals surface area contributed by atoms with Crippen molar-refractivity contribution in [3.63, 3.8) is 0 Å². The first-order valence-corrected chi connectivity index (χ1v) is 6.74. The van der Waals surface area contributed by atoms with Gasteiger partial charge in [0.15, 0.2) is 0 Å². The van der Waals surface area contributed by atoms with Gasteiger partial charge in [-0.1, -0.05) is 0 Å². The van der Waals surface area contributed by atoms with Crippen LogP contribution in [0.3, 0.4) is 0 Å². The van der Waals surface area contributed by atoms with Crippen LogP contribution >= 0.6 is 15.9 Å². The predicted molar refractivity (Wildman–Crippen MR) is 74.4 cm³/mol. The molecule has 6 heteroatoms. The Hall–Kier alpha value is -0.430. The second-order valence-electron chi connectivity index (χ2n) is 5.12. The molecule has 18 heavy (non-hydrogen) atoms. The van der Waals surface area contributed by atoms with Crippen molar-refractivity contribution in [2.45, 2.75) is 39.0 Å². The minimum Gasteiger partial charge on any atom is -0.383 e. The van der Waals surface area contributed by atoms with Crippen LogP contribution in [-0.4, -0.2) is 35.7 Å². The van der Waals surface area contributed by atoms with Crippen molar-refractivity contribution in [2.75, 3.05) is 20.3 Å². The SMILES string of the molecule is COCCn1ncc(Br)c1C(N)COC(C)(C)C. The van der Waals surface area contributed by atoms with Gasteiger partial charge in [-0.25, -0.2) is 0 Å². The van der Waals surface area contributed by atoms with Crippen LogP contribution in [0.4, 0.5) is 0 Å². The number of ether oxygens (including phenoxy) is 2. The lowest BCUT2D eigenvalue weighted by atomic mass is 10.2. The van der Waals surface area contributed by atoms with Gasteiger partial charge in [-0.3, -0.25) is 4.68 Å². The van der Waals surface area contributed by atoms with Crippen LogP contribution in [0.1, 0.15) is 32.5 Å². The number of halogens is 1. The van der Waals surface area contributed by atoms with E-state index in [0.29, 0.717) is 19.8 Å². The Labute approximate surface area is 117 Å². The molecule has 1 unspecified atom stereocenters. The molecule has 0 bridgehead atoms. The van der Waals surface area contributed by atoms with Gasteiger partial charge in [0.25, 0.3) is 0 Å². The molecule has 0 saturated carbocycles. The van der Waals surface area contributed by atoms with E-state index in [-0.39, 0.29) is 11.6 Å². The van der Waals surface area contributed by atoms with Gasteiger partial charge in [0.05, 0.1) is 47.8 Å². The van der Waals surface area contributed by atoms with Crippen LogP contribution in [0.15, 0.2) is 10.7 Å². The molecule has 0 amide bonds. The quantitative estimate of drug-likeness (QED) is 0.872. The minimum absolute atomic E-state index is 0.193.